The van der Waals surface area contributed by atoms with E-state index in [0.717, 1.165) is 12.1 Å². The van der Waals surface area contributed by atoms with Crippen LogP contribution < -0.4 is 5.32 Å². The molecule has 0 heterocycles. The van der Waals surface area contributed by atoms with Crippen LogP contribution in [-0.4, -0.2) is 17.8 Å². The lowest BCUT2D eigenvalue weighted by Gasteiger charge is -2.14. The van der Waals surface area contributed by atoms with Crippen molar-refractivity contribution in [1.82, 2.24) is 0 Å². The number of aliphatic hydroxyl groups excluding tert-OH is 1. The van der Waals surface area contributed by atoms with E-state index >= 15 is 0 Å². The first kappa shape index (κ1) is 11.6. The van der Waals surface area contributed by atoms with Gasteiger partial charge in [0.1, 0.15) is 0 Å². The van der Waals surface area contributed by atoms with Gasteiger partial charge in [0.05, 0.1) is 12.3 Å². The Bertz CT molecular complexity index is 333. The summed E-state index contributed by atoms with van der Waals surface area (Å²) >= 11 is 1.90. The summed E-state index contributed by atoms with van der Waals surface area (Å²) in [5.41, 5.74) is 0.492. The van der Waals surface area contributed by atoms with Gasteiger partial charge in [-0.3, -0.25) is 0 Å². The average Bonchev–Trinajstić information content (AvgIpc) is 2.14. The van der Waals surface area contributed by atoms with Gasteiger partial charge in [0.25, 0.3) is 0 Å². The van der Waals surface area contributed by atoms with Gasteiger partial charge in [-0.2, -0.15) is 0 Å². The highest BCUT2D eigenvalue weighted by Gasteiger charge is 2.09. The van der Waals surface area contributed by atoms with Crippen molar-refractivity contribution >= 4 is 28.3 Å². The van der Waals surface area contributed by atoms with Crippen LogP contribution in [0.4, 0.5) is 14.5 Å². The van der Waals surface area contributed by atoms with Gasteiger partial charge >= 0.3 is 0 Å². The smallest absolute Gasteiger partial charge is 0.160 e. The number of rotatable bonds is 3. The highest BCUT2D eigenvalue weighted by atomic mass is 127. The second-order valence-electron chi connectivity index (χ2n) is 2.97. The van der Waals surface area contributed by atoms with Crippen molar-refractivity contribution in [3.63, 3.8) is 0 Å². The summed E-state index contributed by atoms with van der Waals surface area (Å²) in [6.07, 6.45) is 0. The van der Waals surface area contributed by atoms with Gasteiger partial charge in [-0.15, -0.1) is 0 Å². The van der Waals surface area contributed by atoms with E-state index in [1.807, 2.05) is 22.6 Å². The zero-order chi connectivity index (χ0) is 10.7. The molecule has 0 aliphatic carbocycles. The SMILES string of the molecule is CC(CO)Nc1cc(F)c(F)cc1I. The molecule has 1 aromatic rings. The molecular formula is C9H10F2INO. The zero-order valence-electron chi connectivity index (χ0n) is 7.52. The average molecular weight is 313 g/mol. The molecule has 0 radical (unpaired) electrons. The molecule has 5 heteroatoms. The third kappa shape index (κ3) is 2.78. The van der Waals surface area contributed by atoms with Crippen LogP contribution in [0, 0.1) is 15.2 Å². The van der Waals surface area contributed by atoms with Gasteiger partial charge in [-0.05, 0) is 35.6 Å². The normalized spacial score (nSPS) is 12.6. The maximum absolute atomic E-state index is 12.8. The minimum atomic E-state index is -0.891. The van der Waals surface area contributed by atoms with Crippen LogP contribution in [0.1, 0.15) is 6.92 Å². The van der Waals surface area contributed by atoms with Crippen LogP contribution in [0.15, 0.2) is 12.1 Å². The number of hydrogen-bond donors (Lipinski definition) is 2. The van der Waals surface area contributed by atoms with Crippen LogP contribution in [0.25, 0.3) is 0 Å². The monoisotopic (exact) mass is 313 g/mol. The molecule has 0 bridgehead atoms. The van der Waals surface area contributed by atoms with Gasteiger partial charge in [0.15, 0.2) is 11.6 Å². The number of benzene rings is 1. The molecule has 0 fully saturated rings. The summed E-state index contributed by atoms with van der Waals surface area (Å²) in [6, 6.07) is 2.01. The third-order valence-corrected chi connectivity index (χ3v) is 2.58. The maximum atomic E-state index is 12.8. The molecule has 1 rings (SSSR count). The zero-order valence-corrected chi connectivity index (χ0v) is 9.68. The summed E-state index contributed by atoms with van der Waals surface area (Å²) in [5.74, 6) is -1.75. The Morgan fingerprint density at radius 1 is 1.43 bits per heavy atom. The van der Waals surface area contributed by atoms with Crippen molar-refractivity contribution in [2.75, 3.05) is 11.9 Å². The van der Waals surface area contributed by atoms with Crippen molar-refractivity contribution in [1.29, 1.82) is 0 Å². The highest BCUT2D eigenvalue weighted by Crippen LogP contribution is 2.22. The molecule has 1 atom stereocenters. The first-order valence-electron chi connectivity index (χ1n) is 4.06. The topological polar surface area (TPSA) is 32.3 Å². The van der Waals surface area contributed by atoms with Crippen LogP contribution >= 0.6 is 22.6 Å². The summed E-state index contributed by atoms with van der Waals surface area (Å²) in [4.78, 5) is 0. The van der Waals surface area contributed by atoms with Crippen LogP contribution in [-0.2, 0) is 0 Å². The summed E-state index contributed by atoms with van der Waals surface area (Å²) < 4.78 is 26.1. The van der Waals surface area contributed by atoms with Crippen molar-refractivity contribution in [3.05, 3.63) is 27.3 Å². The number of halogens is 3. The molecule has 0 saturated carbocycles. The molecule has 0 aliphatic heterocycles. The molecule has 0 saturated heterocycles. The van der Waals surface area contributed by atoms with Crippen LogP contribution in [0.2, 0.25) is 0 Å². The first-order valence-corrected chi connectivity index (χ1v) is 5.14. The van der Waals surface area contributed by atoms with E-state index in [0.29, 0.717) is 9.26 Å². The number of hydrogen-bond acceptors (Lipinski definition) is 2. The molecule has 0 amide bonds. The quantitative estimate of drug-likeness (QED) is 0.663. The van der Waals surface area contributed by atoms with Gasteiger partial charge in [-0.25, -0.2) is 8.78 Å². The Morgan fingerprint density at radius 3 is 2.57 bits per heavy atom. The largest absolute Gasteiger partial charge is 0.394 e. The minimum absolute atomic E-state index is 0.0604. The molecule has 78 valence electrons. The molecule has 1 aromatic carbocycles. The highest BCUT2D eigenvalue weighted by molar-refractivity contribution is 14.1. The standard InChI is InChI=1S/C9H10F2INO/c1-5(4-14)13-9-3-7(11)6(10)2-8(9)12/h2-3,5,13-14H,4H2,1H3. The lowest BCUT2D eigenvalue weighted by molar-refractivity contribution is 0.281. The van der Waals surface area contributed by atoms with Crippen molar-refractivity contribution in [2.45, 2.75) is 13.0 Å². The maximum Gasteiger partial charge on any atom is 0.160 e. The molecule has 0 aliphatic rings. The molecule has 2 N–H and O–H groups in total. The predicted molar refractivity (Wildman–Crippen MR) is 59.2 cm³/mol. The van der Waals surface area contributed by atoms with Crippen LogP contribution in [0.5, 0.6) is 0 Å². The predicted octanol–water partition coefficient (Wildman–Crippen LogP) is 2.36. The van der Waals surface area contributed by atoms with Gasteiger partial charge in [0.2, 0.25) is 0 Å². The second kappa shape index (κ2) is 4.88. The number of nitrogens with one attached hydrogen (secondary N) is 1. The van der Waals surface area contributed by atoms with Gasteiger partial charge in [0, 0.05) is 15.7 Å². The van der Waals surface area contributed by atoms with E-state index in [2.05, 4.69) is 5.32 Å². The molecule has 1 unspecified atom stereocenters. The lowest BCUT2D eigenvalue weighted by atomic mass is 10.2. The van der Waals surface area contributed by atoms with Crippen LogP contribution in [0.3, 0.4) is 0 Å². The summed E-state index contributed by atoms with van der Waals surface area (Å²) in [5, 5.41) is 11.6. The van der Waals surface area contributed by atoms with Crippen molar-refractivity contribution in [3.8, 4) is 0 Å². The second-order valence-corrected chi connectivity index (χ2v) is 4.14. The van der Waals surface area contributed by atoms with E-state index in [9.17, 15) is 8.78 Å². The first-order chi connectivity index (χ1) is 6.54. The van der Waals surface area contributed by atoms with E-state index in [4.69, 9.17) is 5.11 Å². The van der Waals surface area contributed by atoms with E-state index in [-0.39, 0.29) is 12.6 Å². The summed E-state index contributed by atoms with van der Waals surface area (Å²) in [7, 11) is 0. The minimum Gasteiger partial charge on any atom is -0.394 e. The molecule has 2 nitrogen and oxygen atoms in total. The molecule has 14 heavy (non-hydrogen) atoms. The lowest BCUT2D eigenvalue weighted by Crippen LogP contribution is -2.20. The van der Waals surface area contributed by atoms with E-state index in [1.54, 1.807) is 6.92 Å². The Balaban J connectivity index is 2.92. The Labute approximate surface area is 94.5 Å². The fourth-order valence-corrected chi connectivity index (χ4v) is 1.53. The Hall–Kier alpha value is -0.430. The van der Waals surface area contributed by atoms with Gasteiger partial charge < -0.3 is 10.4 Å². The Morgan fingerprint density at radius 2 is 2.00 bits per heavy atom. The number of aliphatic hydroxyl groups is 1. The van der Waals surface area contributed by atoms with Crippen molar-refractivity contribution in [2.24, 2.45) is 0 Å². The van der Waals surface area contributed by atoms with E-state index < -0.39 is 11.6 Å². The molecular weight excluding hydrogens is 303 g/mol. The summed E-state index contributed by atoms with van der Waals surface area (Å²) in [6.45, 7) is 1.69. The Kier molecular flexibility index (Phi) is 4.06. The third-order valence-electron chi connectivity index (χ3n) is 1.69. The van der Waals surface area contributed by atoms with Crippen molar-refractivity contribution < 1.29 is 13.9 Å². The van der Waals surface area contributed by atoms with E-state index in [1.165, 1.54) is 0 Å². The fourth-order valence-electron chi connectivity index (χ4n) is 0.944. The molecule has 0 spiro atoms. The van der Waals surface area contributed by atoms with Gasteiger partial charge in [-0.1, -0.05) is 0 Å². The fraction of sp³-hybridized carbons (Fsp3) is 0.333. The molecule has 0 aromatic heterocycles. The number of anilines is 1.